The number of nitrogens with two attached hydrogens (primary N) is 1. The van der Waals surface area contributed by atoms with Gasteiger partial charge in [0.25, 0.3) is 5.91 Å². The second kappa shape index (κ2) is 6.88. The second-order valence-corrected chi connectivity index (χ2v) is 5.19. The number of aryl methyl sites for hydroxylation is 1. The zero-order valence-electron chi connectivity index (χ0n) is 11.8. The quantitative estimate of drug-likeness (QED) is 0.850. The first-order chi connectivity index (χ1) is 10.1. The number of nitrogens with zero attached hydrogens (tertiary/aromatic N) is 1. The average Bonchev–Trinajstić information content (AvgIpc) is 2.92. The number of ether oxygens (including phenoxy) is 1. The third kappa shape index (κ3) is 3.81. The second-order valence-electron chi connectivity index (χ2n) is 4.13. The number of methoxy groups -OCH3 is 1. The van der Waals surface area contributed by atoms with Gasteiger partial charge in [-0.05, 0) is 25.1 Å². The molecule has 2 rings (SSSR count). The summed E-state index contributed by atoms with van der Waals surface area (Å²) in [5.74, 6) is 5.98. The Morgan fingerprint density at radius 1 is 1.52 bits per heavy atom. The van der Waals surface area contributed by atoms with Crippen molar-refractivity contribution in [3.63, 3.8) is 0 Å². The first kappa shape index (κ1) is 15.0. The predicted molar refractivity (Wildman–Crippen MR) is 83.7 cm³/mol. The molecule has 1 aromatic heterocycles. The fourth-order valence-electron chi connectivity index (χ4n) is 1.69. The molecule has 2 aromatic rings. The number of carbonyl (C=O) groups is 1. The van der Waals surface area contributed by atoms with Gasteiger partial charge in [0, 0.05) is 10.9 Å². The lowest BCUT2D eigenvalue weighted by Gasteiger charge is -2.09. The van der Waals surface area contributed by atoms with Crippen molar-refractivity contribution in [2.75, 3.05) is 19.0 Å². The van der Waals surface area contributed by atoms with Gasteiger partial charge in [-0.15, -0.1) is 11.3 Å². The largest absolute Gasteiger partial charge is 0.495 e. The minimum atomic E-state index is -0.276. The Hall–Kier alpha value is -2.36. The van der Waals surface area contributed by atoms with Crippen molar-refractivity contribution < 1.29 is 9.53 Å². The first-order valence-corrected chi connectivity index (χ1v) is 7.12. The monoisotopic (exact) mass is 301 g/mol. The standard InChI is InChI=1S/C15H15N3O2S/c1-10-17-13(9-21-10)15(19)18-12-8-11(4-3-7-16)5-6-14(12)20-2/h5-6,8-9H,7,16H2,1-2H3,(H,18,19). The van der Waals surface area contributed by atoms with E-state index >= 15 is 0 Å². The van der Waals surface area contributed by atoms with E-state index in [1.807, 2.05) is 13.0 Å². The number of aromatic nitrogens is 1. The molecule has 1 amide bonds. The molecule has 6 heteroatoms. The molecule has 1 aromatic carbocycles. The highest BCUT2D eigenvalue weighted by Crippen LogP contribution is 2.26. The van der Waals surface area contributed by atoms with E-state index in [2.05, 4.69) is 22.1 Å². The van der Waals surface area contributed by atoms with Gasteiger partial charge < -0.3 is 15.8 Å². The van der Waals surface area contributed by atoms with E-state index in [0.717, 1.165) is 10.6 Å². The molecule has 0 bridgehead atoms. The number of rotatable bonds is 3. The van der Waals surface area contributed by atoms with Gasteiger partial charge in [0.1, 0.15) is 11.4 Å². The smallest absolute Gasteiger partial charge is 0.275 e. The maximum absolute atomic E-state index is 12.1. The van der Waals surface area contributed by atoms with E-state index in [9.17, 15) is 4.79 Å². The van der Waals surface area contributed by atoms with Crippen molar-refractivity contribution in [1.82, 2.24) is 4.98 Å². The lowest BCUT2D eigenvalue weighted by molar-refractivity contribution is 0.102. The van der Waals surface area contributed by atoms with Crippen LogP contribution in [0.5, 0.6) is 5.75 Å². The minimum Gasteiger partial charge on any atom is -0.495 e. The summed E-state index contributed by atoms with van der Waals surface area (Å²) >= 11 is 1.43. The zero-order valence-corrected chi connectivity index (χ0v) is 12.6. The lowest BCUT2D eigenvalue weighted by Crippen LogP contribution is -2.13. The van der Waals surface area contributed by atoms with E-state index in [1.165, 1.54) is 11.3 Å². The number of hydrogen-bond acceptors (Lipinski definition) is 5. The summed E-state index contributed by atoms with van der Waals surface area (Å²) in [6.07, 6.45) is 0. The van der Waals surface area contributed by atoms with Gasteiger partial charge in [-0.1, -0.05) is 11.8 Å². The predicted octanol–water partition coefficient (Wildman–Crippen LogP) is 2.02. The Morgan fingerprint density at radius 2 is 2.33 bits per heavy atom. The van der Waals surface area contributed by atoms with Gasteiger partial charge in [-0.3, -0.25) is 4.79 Å². The zero-order chi connectivity index (χ0) is 15.2. The first-order valence-electron chi connectivity index (χ1n) is 6.24. The van der Waals surface area contributed by atoms with E-state index < -0.39 is 0 Å². The summed E-state index contributed by atoms with van der Waals surface area (Å²) in [6, 6.07) is 5.31. The van der Waals surface area contributed by atoms with Crippen LogP contribution in [-0.2, 0) is 0 Å². The molecule has 0 atom stereocenters. The number of benzene rings is 1. The highest BCUT2D eigenvalue weighted by Gasteiger charge is 2.12. The van der Waals surface area contributed by atoms with Crippen LogP contribution >= 0.6 is 11.3 Å². The molecular weight excluding hydrogens is 286 g/mol. The third-order valence-electron chi connectivity index (χ3n) is 2.63. The van der Waals surface area contributed by atoms with E-state index in [-0.39, 0.29) is 12.5 Å². The Bertz CT molecular complexity index is 713. The molecule has 0 aliphatic rings. The number of hydrogen-bond donors (Lipinski definition) is 2. The topological polar surface area (TPSA) is 77.2 Å². The van der Waals surface area contributed by atoms with Crippen LogP contribution in [0.1, 0.15) is 21.1 Å². The third-order valence-corrected chi connectivity index (χ3v) is 3.41. The fraction of sp³-hybridized carbons (Fsp3) is 0.200. The van der Waals surface area contributed by atoms with Crippen LogP contribution in [0, 0.1) is 18.8 Å². The Balaban J connectivity index is 2.26. The number of carbonyl (C=O) groups excluding carboxylic acids is 1. The molecule has 0 aliphatic heterocycles. The SMILES string of the molecule is COc1ccc(C#CCN)cc1NC(=O)c1csc(C)n1. The normalized spacial score (nSPS) is 9.67. The number of anilines is 1. The molecule has 108 valence electrons. The van der Waals surface area contributed by atoms with Crippen LogP contribution < -0.4 is 15.8 Å². The molecule has 0 spiro atoms. The van der Waals surface area contributed by atoms with E-state index in [0.29, 0.717) is 17.1 Å². The van der Waals surface area contributed by atoms with Crippen molar-refractivity contribution in [2.24, 2.45) is 5.73 Å². The average molecular weight is 301 g/mol. The summed E-state index contributed by atoms with van der Waals surface area (Å²) in [7, 11) is 1.54. The molecule has 0 unspecified atom stereocenters. The maximum Gasteiger partial charge on any atom is 0.275 e. The lowest BCUT2D eigenvalue weighted by atomic mass is 10.2. The van der Waals surface area contributed by atoms with Gasteiger partial charge in [0.15, 0.2) is 0 Å². The molecule has 0 fully saturated rings. The molecule has 1 heterocycles. The summed E-state index contributed by atoms with van der Waals surface area (Å²) < 4.78 is 5.24. The minimum absolute atomic E-state index is 0.276. The molecule has 3 N–H and O–H groups in total. The molecule has 21 heavy (non-hydrogen) atoms. The Morgan fingerprint density at radius 3 is 2.95 bits per heavy atom. The summed E-state index contributed by atoms with van der Waals surface area (Å²) in [4.78, 5) is 16.3. The van der Waals surface area contributed by atoms with Crippen LogP contribution in [0.25, 0.3) is 0 Å². The molecular formula is C15H15N3O2S. The number of amides is 1. The van der Waals surface area contributed by atoms with Gasteiger partial charge in [0.2, 0.25) is 0 Å². The van der Waals surface area contributed by atoms with Crippen molar-refractivity contribution in [3.8, 4) is 17.6 Å². The molecule has 0 radical (unpaired) electrons. The molecule has 5 nitrogen and oxygen atoms in total. The maximum atomic E-state index is 12.1. The fourth-order valence-corrected chi connectivity index (χ4v) is 2.28. The summed E-state index contributed by atoms with van der Waals surface area (Å²) in [6.45, 7) is 2.14. The van der Waals surface area contributed by atoms with Crippen LogP contribution in [0.3, 0.4) is 0 Å². The highest BCUT2D eigenvalue weighted by molar-refractivity contribution is 7.09. The van der Waals surface area contributed by atoms with Crippen LogP contribution in [0.15, 0.2) is 23.6 Å². The summed E-state index contributed by atoms with van der Waals surface area (Å²) in [5, 5.41) is 5.35. The molecule has 0 saturated carbocycles. The van der Waals surface area contributed by atoms with Gasteiger partial charge >= 0.3 is 0 Å². The molecule has 0 saturated heterocycles. The Kier molecular flexibility index (Phi) is 4.93. The Labute approximate surface area is 127 Å². The number of thiazole rings is 1. The number of nitrogens with one attached hydrogen (secondary N) is 1. The summed E-state index contributed by atoms with van der Waals surface area (Å²) in [5.41, 5.74) is 7.05. The van der Waals surface area contributed by atoms with Crippen molar-refractivity contribution in [3.05, 3.63) is 39.8 Å². The highest BCUT2D eigenvalue weighted by atomic mass is 32.1. The van der Waals surface area contributed by atoms with Crippen LogP contribution in [0.2, 0.25) is 0 Å². The van der Waals surface area contributed by atoms with Gasteiger partial charge in [-0.25, -0.2) is 4.98 Å². The van der Waals surface area contributed by atoms with E-state index in [1.54, 1.807) is 24.6 Å². The van der Waals surface area contributed by atoms with Crippen molar-refractivity contribution >= 4 is 22.9 Å². The molecule has 0 aliphatic carbocycles. The van der Waals surface area contributed by atoms with Gasteiger partial charge in [-0.2, -0.15) is 0 Å². The van der Waals surface area contributed by atoms with Crippen LogP contribution in [0.4, 0.5) is 5.69 Å². The van der Waals surface area contributed by atoms with Crippen molar-refractivity contribution in [1.29, 1.82) is 0 Å². The van der Waals surface area contributed by atoms with E-state index in [4.69, 9.17) is 10.5 Å². The van der Waals surface area contributed by atoms with Crippen molar-refractivity contribution in [2.45, 2.75) is 6.92 Å². The van der Waals surface area contributed by atoms with Gasteiger partial charge in [0.05, 0.1) is 24.3 Å². The van der Waals surface area contributed by atoms with Crippen LogP contribution in [-0.4, -0.2) is 24.5 Å².